The first-order valence-electron chi connectivity index (χ1n) is 5.72. The predicted molar refractivity (Wildman–Crippen MR) is 75.6 cm³/mol. The third-order valence-corrected chi connectivity index (χ3v) is 3.37. The minimum absolute atomic E-state index is 0.0798. The normalized spacial score (nSPS) is 10.4. The summed E-state index contributed by atoms with van der Waals surface area (Å²) >= 11 is 7.16. The lowest BCUT2D eigenvalue weighted by Gasteiger charge is -2.04. The molecule has 0 radical (unpaired) electrons. The van der Waals surface area contributed by atoms with Crippen molar-refractivity contribution in [3.63, 3.8) is 0 Å². The molecule has 5 nitrogen and oxygen atoms in total. The number of nitrogens with one attached hydrogen (secondary N) is 1. The van der Waals surface area contributed by atoms with Crippen molar-refractivity contribution in [2.75, 3.05) is 5.32 Å². The van der Waals surface area contributed by atoms with E-state index in [1.807, 2.05) is 0 Å². The van der Waals surface area contributed by atoms with Crippen LogP contribution in [-0.4, -0.2) is 20.4 Å². The van der Waals surface area contributed by atoms with Crippen LogP contribution in [0.15, 0.2) is 18.2 Å². The molecule has 0 aliphatic carbocycles. The van der Waals surface area contributed by atoms with Crippen LogP contribution in [0.2, 0.25) is 5.02 Å². The highest BCUT2D eigenvalue weighted by atomic mass is 35.5. The van der Waals surface area contributed by atoms with Crippen LogP contribution in [-0.2, 0) is 6.42 Å². The molecular formula is C12H12ClN3O2S. The van der Waals surface area contributed by atoms with Crippen molar-refractivity contribution in [3.05, 3.63) is 34.6 Å². The number of aromatic carboxylic acids is 1. The molecule has 0 aliphatic rings. The Balaban J connectivity index is 2.14. The van der Waals surface area contributed by atoms with E-state index in [0.29, 0.717) is 10.8 Å². The average molecular weight is 298 g/mol. The van der Waals surface area contributed by atoms with Gasteiger partial charge in [-0.2, -0.15) is 4.37 Å². The Morgan fingerprint density at radius 2 is 2.32 bits per heavy atom. The Morgan fingerprint density at radius 3 is 2.95 bits per heavy atom. The molecule has 7 heteroatoms. The molecule has 1 aromatic carbocycles. The van der Waals surface area contributed by atoms with Gasteiger partial charge in [0.1, 0.15) is 5.82 Å². The Kier molecular flexibility index (Phi) is 4.34. The molecule has 0 bridgehead atoms. The number of rotatable bonds is 5. The van der Waals surface area contributed by atoms with Gasteiger partial charge < -0.3 is 10.4 Å². The SMILES string of the molecule is CCCc1nsc(Nc2ccc(C(=O)O)c(Cl)c2)n1. The van der Waals surface area contributed by atoms with E-state index in [0.717, 1.165) is 18.7 Å². The number of carbonyl (C=O) groups is 1. The molecule has 19 heavy (non-hydrogen) atoms. The molecule has 1 heterocycles. The lowest BCUT2D eigenvalue weighted by Crippen LogP contribution is -1.98. The summed E-state index contributed by atoms with van der Waals surface area (Å²) in [5.74, 6) is -0.235. The number of carboxylic acid groups (broad SMARTS) is 1. The highest BCUT2D eigenvalue weighted by Gasteiger charge is 2.10. The molecule has 0 saturated carbocycles. The monoisotopic (exact) mass is 297 g/mol. The first kappa shape index (κ1) is 13.8. The van der Waals surface area contributed by atoms with Gasteiger partial charge in [-0.1, -0.05) is 18.5 Å². The molecule has 0 atom stereocenters. The standard InChI is InChI=1S/C12H12ClN3O2S/c1-2-3-10-15-12(19-16-10)14-7-4-5-8(11(17)18)9(13)6-7/h4-6H,2-3H2,1H3,(H,17,18)(H,14,15,16). The van der Waals surface area contributed by atoms with Gasteiger partial charge in [-0.05, 0) is 24.6 Å². The molecule has 2 N–H and O–H groups in total. The number of nitrogens with zero attached hydrogens (tertiary/aromatic N) is 2. The fraction of sp³-hybridized carbons (Fsp3) is 0.250. The maximum Gasteiger partial charge on any atom is 0.337 e. The van der Waals surface area contributed by atoms with Crippen LogP contribution in [0.5, 0.6) is 0 Å². The lowest BCUT2D eigenvalue weighted by atomic mass is 10.2. The van der Waals surface area contributed by atoms with Crippen LogP contribution in [0.25, 0.3) is 0 Å². The maximum atomic E-state index is 10.8. The van der Waals surface area contributed by atoms with Crippen molar-refractivity contribution in [2.24, 2.45) is 0 Å². The first-order valence-corrected chi connectivity index (χ1v) is 6.87. The van der Waals surface area contributed by atoms with Gasteiger partial charge in [-0.25, -0.2) is 9.78 Å². The van der Waals surface area contributed by atoms with Gasteiger partial charge in [-0.3, -0.25) is 0 Å². The maximum absolute atomic E-state index is 10.8. The van der Waals surface area contributed by atoms with Crippen molar-refractivity contribution in [3.8, 4) is 0 Å². The molecule has 0 fully saturated rings. The van der Waals surface area contributed by atoms with E-state index in [2.05, 4.69) is 21.6 Å². The van der Waals surface area contributed by atoms with Crippen LogP contribution in [0.1, 0.15) is 29.5 Å². The minimum atomic E-state index is -1.04. The van der Waals surface area contributed by atoms with Crippen LogP contribution >= 0.6 is 23.1 Å². The Morgan fingerprint density at radius 1 is 1.53 bits per heavy atom. The van der Waals surface area contributed by atoms with E-state index < -0.39 is 5.97 Å². The highest BCUT2D eigenvalue weighted by Crippen LogP contribution is 2.24. The third-order valence-electron chi connectivity index (χ3n) is 2.39. The van der Waals surface area contributed by atoms with Crippen molar-refractivity contribution in [1.82, 2.24) is 9.36 Å². The zero-order chi connectivity index (χ0) is 13.8. The number of hydrogen-bond donors (Lipinski definition) is 2. The molecule has 1 aromatic heterocycles. The number of benzene rings is 1. The van der Waals surface area contributed by atoms with Crippen LogP contribution in [0.3, 0.4) is 0 Å². The smallest absolute Gasteiger partial charge is 0.337 e. The zero-order valence-corrected chi connectivity index (χ0v) is 11.8. The summed E-state index contributed by atoms with van der Waals surface area (Å²) in [5, 5.41) is 12.8. The van der Waals surface area contributed by atoms with E-state index in [9.17, 15) is 4.79 Å². The van der Waals surface area contributed by atoms with Gasteiger partial charge in [-0.15, -0.1) is 0 Å². The Labute approximate surface area is 119 Å². The van der Waals surface area contributed by atoms with Crippen LogP contribution in [0.4, 0.5) is 10.8 Å². The number of aryl methyl sites for hydroxylation is 1. The second-order valence-electron chi connectivity index (χ2n) is 3.89. The van der Waals surface area contributed by atoms with E-state index in [4.69, 9.17) is 16.7 Å². The summed E-state index contributed by atoms with van der Waals surface area (Å²) in [7, 11) is 0. The second kappa shape index (κ2) is 5.99. The molecule has 2 rings (SSSR count). The largest absolute Gasteiger partial charge is 0.478 e. The lowest BCUT2D eigenvalue weighted by molar-refractivity contribution is 0.0697. The number of carboxylic acids is 1. The number of anilines is 2. The summed E-state index contributed by atoms with van der Waals surface area (Å²) in [6.07, 6.45) is 1.84. The van der Waals surface area contributed by atoms with Crippen molar-refractivity contribution < 1.29 is 9.90 Å². The first-order chi connectivity index (χ1) is 9.10. The number of aromatic nitrogens is 2. The van der Waals surface area contributed by atoms with E-state index in [1.165, 1.54) is 17.6 Å². The van der Waals surface area contributed by atoms with E-state index >= 15 is 0 Å². The van der Waals surface area contributed by atoms with Crippen molar-refractivity contribution in [1.29, 1.82) is 0 Å². The summed E-state index contributed by atoms with van der Waals surface area (Å²) in [6.45, 7) is 2.07. The highest BCUT2D eigenvalue weighted by molar-refractivity contribution is 7.09. The topological polar surface area (TPSA) is 75.1 Å². The molecule has 0 aliphatic heterocycles. The molecule has 2 aromatic rings. The summed E-state index contributed by atoms with van der Waals surface area (Å²) in [5.41, 5.74) is 0.769. The quantitative estimate of drug-likeness (QED) is 0.882. The van der Waals surface area contributed by atoms with E-state index in [1.54, 1.807) is 12.1 Å². The third kappa shape index (κ3) is 3.42. The summed E-state index contributed by atoms with van der Waals surface area (Å²) < 4.78 is 4.21. The number of halogens is 1. The fourth-order valence-corrected chi connectivity index (χ4v) is 2.41. The van der Waals surface area contributed by atoms with E-state index in [-0.39, 0.29) is 10.6 Å². The van der Waals surface area contributed by atoms with Gasteiger partial charge >= 0.3 is 5.97 Å². The van der Waals surface area contributed by atoms with Crippen LogP contribution < -0.4 is 5.32 Å². The van der Waals surface area contributed by atoms with Gasteiger partial charge in [0.15, 0.2) is 0 Å². The molecule has 100 valence electrons. The van der Waals surface area contributed by atoms with Gasteiger partial charge in [0.05, 0.1) is 10.6 Å². The minimum Gasteiger partial charge on any atom is -0.478 e. The summed E-state index contributed by atoms with van der Waals surface area (Å²) in [6, 6.07) is 4.67. The summed E-state index contributed by atoms with van der Waals surface area (Å²) in [4.78, 5) is 15.2. The Bertz CT molecular complexity index is 600. The molecule has 0 spiro atoms. The van der Waals surface area contributed by atoms with Crippen molar-refractivity contribution in [2.45, 2.75) is 19.8 Å². The predicted octanol–water partition coefficient (Wildman–Crippen LogP) is 3.59. The molecular weight excluding hydrogens is 286 g/mol. The second-order valence-corrected chi connectivity index (χ2v) is 5.05. The molecule has 0 unspecified atom stereocenters. The van der Waals surface area contributed by atoms with Gasteiger partial charge in [0.2, 0.25) is 5.13 Å². The fourth-order valence-electron chi connectivity index (χ4n) is 1.52. The molecule has 0 saturated heterocycles. The van der Waals surface area contributed by atoms with Gasteiger partial charge in [0, 0.05) is 23.6 Å². The van der Waals surface area contributed by atoms with Crippen LogP contribution in [0, 0.1) is 0 Å². The molecule has 0 amide bonds. The average Bonchev–Trinajstić information content (AvgIpc) is 2.76. The Hall–Kier alpha value is -1.66. The number of hydrogen-bond acceptors (Lipinski definition) is 5. The van der Waals surface area contributed by atoms with Gasteiger partial charge in [0.25, 0.3) is 0 Å². The van der Waals surface area contributed by atoms with Crippen molar-refractivity contribution >= 4 is 39.9 Å². The zero-order valence-electron chi connectivity index (χ0n) is 10.2.